The number of rotatable bonds is 7. The van der Waals surface area contributed by atoms with E-state index in [9.17, 15) is 0 Å². The minimum Gasteiger partial charge on any atom is -0.381 e. The zero-order valence-electron chi connectivity index (χ0n) is 13.2. The topological polar surface area (TPSA) is 24.5 Å². The molecule has 1 saturated heterocycles. The van der Waals surface area contributed by atoms with Crippen molar-refractivity contribution in [2.45, 2.75) is 58.5 Å². The second kappa shape index (κ2) is 6.55. The average molecular weight is 268 g/mol. The molecule has 2 atom stereocenters. The van der Waals surface area contributed by atoms with Gasteiger partial charge in [-0.05, 0) is 45.6 Å². The second-order valence-corrected chi connectivity index (χ2v) is 7.21. The smallest absolute Gasteiger partial charge is 0.0546 e. The monoisotopic (exact) mass is 268 g/mol. The average Bonchev–Trinajstić information content (AvgIpc) is 3.20. The van der Waals surface area contributed by atoms with Gasteiger partial charge in [-0.3, -0.25) is 0 Å². The zero-order chi connectivity index (χ0) is 13.9. The molecule has 3 nitrogen and oxygen atoms in total. The summed E-state index contributed by atoms with van der Waals surface area (Å²) in [6.45, 7) is 11.1. The molecule has 2 fully saturated rings. The van der Waals surface area contributed by atoms with Crippen molar-refractivity contribution < 1.29 is 4.74 Å². The lowest BCUT2D eigenvalue weighted by Gasteiger charge is -2.42. The molecular weight excluding hydrogens is 236 g/mol. The normalized spacial score (nSPS) is 30.0. The van der Waals surface area contributed by atoms with Crippen molar-refractivity contribution in [1.29, 1.82) is 0 Å². The van der Waals surface area contributed by atoms with Crippen LogP contribution in [-0.4, -0.2) is 50.3 Å². The third kappa shape index (κ3) is 4.44. The predicted octanol–water partition coefficient (Wildman–Crippen LogP) is 2.51. The highest BCUT2D eigenvalue weighted by molar-refractivity contribution is 4.91. The molecule has 1 heterocycles. The van der Waals surface area contributed by atoms with Crippen LogP contribution in [0.3, 0.4) is 0 Å². The van der Waals surface area contributed by atoms with Gasteiger partial charge in [-0.25, -0.2) is 0 Å². The summed E-state index contributed by atoms with van der Waals surface area (Å²) in [6, 6.07) is 1.44. The summed E-state index contributed by atoms with van der Waals surface area (Å²) < 4.78 is 5.81. The van der Waals surface area contributed by atoms with Gasteiger partial charge in [-0.15, -0.1) is 0 Å². The van der Waals surface area contributed by atoms with Crippen LogP contribution in [0.25, 0.3) is 0 Å². The van der Waals surface area contributed by atoms with E-state index < -0.39 is 0 Å². The van der Waals surface area contributed by atoms with E-state index in [2.05, 4.69) is 38.0 Å². The highest BCUT2D eigenvalue weighted by atomic mass is 16.5. The molecule has 1 N–H and O–H groups in total. The molecule has 0 amide bonds. The Labute approximate surface area is 119 Å². The van der Waals surface area contributed by atoms with Crippen LogP contribution in [0.1, 0.15) is 46.5 Å². The van der Waals surface area contributed by atoms with Gasteiger partial charge in [0.2, 0.25) is 0 Å². The molecular formula is C16H32N2O. The summed E-state index contributed by atoms with van der Waals surface area (Å²) >= 11 is 0. The quantitative estimate of drug-likeness (QED) is 0.768. The van der Waals surface area contributed by atoms with Crippen molar-refractivity contribution in [2.24, 2.45) is 11.3 Å². The molecule has 0 aromatic rings. The van der Waals surface area contributed by atoms with Crippen molar-refractivity contribution in [3.8, 4) is 0 Å². The Morgan fingerprint density at radius 3 is 2.58 bits per heavy atom. The third-order valence-electron chi connectivity index (χ3n) is 4.99. The molecule has 3 heteroatoms. The summed E-state index contributed by atoms with van der Waals surface area (Å²) in [5.41, 5.74) is 0.332. The zero-order valence-corrected chi connectivity index (χ0v) is 13.2. The predicted molar refractivity (Wildman–Crippen MR) is 80.4 cm³/mol. The molecule has 1 saturated carbocycles. The van der Waals surface area contributed by atoms with E-state index in [1.807, 2.05) is 0 Å². The van der Waals surface area contributed by atoms with E-state index in [1.54, 1.807) is 0 Å². The van der Waals surface area contributed by atoms with Crippen LogP contribution in [-0.2, 0) is 4.74 Å². The molecule has 112 valence electrons. The van der Waals surface area contributed by atoms with Crippen molar-refractivity contribution in [3.63, 3.8) is 0 Å². The van der Waals surface area contributed by atoms with Crippen LogP contribution in [0, 0.1) is 11.3 Å². The molecule has 0 bridgehead atoms. The molecule has 0 spiro atoms. The SMILES string of the molecule is CC(C)C(C)N(C)CC1(CNC2CC2)CCCOC1. The van der Waals surface area contributed by atoms with Gasteiger partial charge in [0.15, 0.2) is 0 Å². The van der Waals surface area contributed by atoms with E-state index in [4.69, 9.17) is 4.74 Å². The van der Waals surface area contributed by atoms with Gasteiger partial charge in [0.05, 0.1) is 6.61 Å². The van der Waals surface area contributed by atoms with Crippen molar-refractivity contribution >= 4 is 0 Å². The van der Waals surface area contributed by atoms with Crippen LogP contribution in [0.4, 0.5) is 0 Å². The summed E-state index contributed by atoms with van der Waals surface area (Å²) in [6.07, 6.45) is 5.27. The van der Waals surface area contributed by atoms with Crippen LogP contribution in [0.15, 0.2) is 0 Å². The molecule has 0 aromatic carbocycles. The van der Waals surface area contributed by atoms with E-state index in [0.717, 1.165) is 32.3 Å². The Balaban J connectivity index is 1.91. The van der Waals surface area contributed by atoms with Gasteiger partial charge in [-0.1, -0.05) is 13.8 Å². The molecule has 2 unspecified atom stereocenters. The standard InChI is InChI=1S/C16H32N2O/c1-13(2)14(3)18(4)11-16(8-5-9-19-12-16)10-17-15-6-7-15/h13-15,17H,5-12H2,1-4H3. The summed E-state index contributed by atoms with van der Waals surface area (Å²) in [5, 5.41) is 3.73. The lowest BCUT2D eigenvalue weighted by atomic mass is 9.81. The Morgan fingerprint density at radius 2 is 2.05 bits per heavy atom. The Kier molecular flexibility index (Phi) is 5.27. The minimum absolute atomic E-state index is 0.332. The summed E-state index contributed by atoms with van der Waals surface area (Å²) in [4.78, 5) is 2.54. The van der Waals surface area contributed by atoms with Crippen molar-refractivity contribution in [1.82, 2.24) is 10.2 Å². The molecule has 19 heavy (non-hydrogen) atoms. The molecule has 0 aromatic heterocycles. The summed E-state index contributed by atoms with van der Waals surface area (Å²) in [7, 11) is 2.28. The lowest BCUT2D eigenvalue weighted by Crippen LogP contribution is -2.51. The van der Waals surface area contributed by atoms with E-state index >= 15 is 0 Å². The molecule has 1 aliphatic carbocycles. The highest BCUT2D eigenvalue weighted by Crippen LogP contribution is 2.31. The van der Waals surface area contributed by atoms with Crippen LogP contribution >= 0.6 is 0 Å². The number of nitrogens with one attached hydrogen (secondary N) is 1. The summed E-state index contributed by atoms with van der Waals surface area (Å²) in [5.74, 6) is 0.711. The highest BCUT2D eigenvalue weighted by Gasteiger charge is 2.36. The fraction of sp³-hybridized carbons (Fsp3) is 1.00. The maximum atomic E-state index is 5.81. The second-order valence-electron chi connectivity index (χ2n) is 7.21. The fourth-order valence-corrected chi connectivity index (χ4v) is 3.06. The number of hydrogen-bond donors (Lipinski definition) is 1. The van der Waals surface area contributed by atoms with E-state index in [0.29, 0.717) is 17.4 Å². The van der Waals surface area contributed by atoms with Gasteiger partial charge in [0.25, 0.3) is 0 Å². The Bertz CT molecular complexity index is 270. The van der Waals surface area contributed by atoms with Gasteiger partial charge >= 0.3 is 0 Å². The number of nitrogens with zero attached hydrogens (tertiary/aromatic N) is 1. The maximum Gasteiger partial charge on any atom is 0.0546 e. The first-order chi connectivity index (χ1) is 9.02. The van der Waals surface area contributed by atoms with Gasteiger partial charge in [-0.2, -0.15) is 0 Å². The van der Waals surface area contributed by atoms with Gasteiger partial charge < -0.3 is 15.0 Å². The first-order valence-electron chi connectivity index (χ1n) is 8.04. The van der Waals surface area contributed by atoms with Crippen LogP contribution < -0.4 is 5.32 Å². The van der Waals surface area contributed by atoms with Crippen molar-refractivity contribution in [2.75, 3.05) is 33.4 Å². The molecule has 1 aliphatic heterocycles. The minimum atomic E-state index is 0.332. The first-order valence-corrected chi connectivity index (χ1v) is 8.04. The number of ether oxygens (including phenoxy) is 1. The largest absolute Gasteiger partial charge is 0.381 e. The van der Waals surface area contributed by atoms with Gasteiger partial charge in [0, 0.05) is 37.2 Å². The Morgan fingerprint density at radius 1 is 1.32 bits per heavy atom. The first kappa shape index (κ1) is 15.3. The Hall–Kier alpha value is -0.120. The fourth-order valence-electron chi connectivity index (χ4n) is 3.06. The van der Waals surface area contributed by atoms with Crippen LogP contribution in [0.5, 0.6) is 0 Å². The third-order valence-corrected chi connectivity index (χ3v) is 4.99. The maximum absolute atomic E-state index is 5.81. The van der Waals surface area contributed by atoms with Gasteiger partial charge in [0.1, 0.15) is 0 Å². The van der Waals surface area contributed by atoms with Crippen LogP contribution in [0.2, 0.25) is 0 Å². The van der Waals surface area contributed by atoms with Crippen molar-refractivity contribution in [3.05, 3.63) is 0 Å². The molecule has 2 rings (SSSR count). The number of hydrogen-bond acceptors (Lipinski definition) is 3. The molecule has 2 aliphatic rings. The molecule has 0 radical (unpaired) electrons. The van der Waals surface area contributed by atoms with E-state index in [-0.39, 0.29) is 0 Å². The lowest BCUT2D eigenvalue weighted by molar-refractivity contribution is -0.0300. The van der Waals surface area contributed by atoms with E-state index in [1.165, 1.54) is 25.7 Å².